The summed E-state index contributed by atoms with van der Waals surface area (Å²) in [5, 5.41) is 5.90. The molecule has 0 atom stereocenters. The highest BCUT2D eigenvalue weighted by Crippen LogP contribution is 2.40. The van der Waals surface area contributed by atoms with Crippen LogP contribution in [0.1, 0.15) is 25.0 Å². The molecule has 2 aromatic carbocycles. The first kappa shape index (κ1) is 19.0. The minimum absolute atomic E-state index is 0.0642. The van der Waals surface area contributed by atoms with Crippen LogP contribution >= 0.6 is 11.6 Å². The molecule has 0 amide bonds. The van der Waals surface area contributed by atoms with Gasteiger partial charge in [-0.05, 0) is 48.2 Å². The smallest absolute Gasteiger partial charge is 0.238 e. The molecule has 0 radical (unpaired) electrons. The first-order chi connectivity index (χ1) is 13.1. The second kappa shape index (κ2) is 6.62. The zero-order chi connectivity index (χ0) is 20.1. The molecule has 0 saturated heterocycles. The standard InChI is InChI=1S/C20H20ClN3O3S/c1-20(2)11-15-9-16(18(28(22,25)26)10-17(15)27-20)14-5-3-13(4-6-14)12-24-8-7-23-19(24)21/h3-10H,11-12H2,1-2H3,(H2,22,25,26). The van der Waals surface area contributed by atoms with Gasteiger partial charge in [-0.25, -0.2) is 18.5 Å². The summed E-state index contributed by atoms with van der Waals surface area (Å²) in [7, 11) is -3.91. The summed E-state index contributed by atoms with van der Waals surface area (Å²) in [6, 6.07) is 11.0. The summed E-state index contributed by atoms with van der Waals surface area (Å²) < 4.78 is 32.1. The fraction of sp³-hybridized carbons (Fsp3) is 0.250. The molecule has 4 rings (SSSR count). The second-order valence-electron chi connectivity index (χ2n) is 7.56. The molecule has 0 saturated carbocycles. The van der Waals surface area contributed by atoms with Crippen LogP contribution in [0.15, 0.2) is 53.7 Å². The Labute approximate surface area is 169 Å². The van der Waals surface area contributed by atoms with Crippen LogP contribution in [0.2, 0.25) is 5.28 Å². The minimum atomic E-state index is -3.91. The molecule has 2 heterocycles. The average Bonchev–Trinajstić information content (AvgIpc) is 3.14. The number of hydrogen-bond acceptors (Lipinski definition) is 4. The third-order valence-electron chi connectivity index (χ3n) is 4.75. The van der Waals surface area contributed by atoms with Crippen molar-refractivity contribution in [2.24, 2.45) is 5.14 Å². The van der Waals surface area contributed by atoms with Gasteiger partial charge in [0.05, 0.1) is 4.90 Å². The maximum Gasteiger partial charge on any atom is 0.238 e. The predicted molar refractivity (Wildman–Crippen MR) is 108 cm³/mol. The van der Waals surface area contributed by atoms with Crippen molar-refractivity contribution in [2.75, 3.05) is 0 Å². The Morgan fingerprint density at radius 3 is 2.57 bits per heavy atom. The number of imidazole rings is 1. The normalized spacial score (nSPS) is 15.3. The molecule has 0 fully saturated rings. The minimum Gasteiger partial charge on any atom is -0.487 e. The first-order valence-corrected chi connectivity index (χ1v) is 10.7. The third-order valence-corrected chi connectivity index (χ3v) is 6.02. The van der Waals surface area contributed by atoms with E-state index in [1.54, 1.807) is 12.4 Å². The third kappa shape index (κ3) is 3.65. The van der Waals surface area contributed by atoms with Gasteiger partial charge in [0, 0.05) is 37.0 Å². The van der Waals surface area contributed by atoms with Gasteiger partial charge in [0.15, 0.2) is 0 Å². The van der Waals surface area contributed by atoms with Crippen molar-refractivity contribution in [3.05, 3.63) is 65.2 Å². The van der Waals surface area contributed by atoms with E-state index in [4.69, 9.17) is 21.5 Å². The fourth-order valence-corrected chi connectivity index (χ4v) is 4.43. The number of nitrogens with two attached hydrogens (primary N) is 1. The van der Waals surface area contributed by atoms with Crippen molar-refractivity contribution in [3.8, 4) is 16.9 Å². The van der Waals surface area contributed by atoms with Crippen LogP contribution in [-0.2, 0) is 23.0 Å². The van der Waals surface area contributed by atoms with E-state index in [2.05, 4.69) is 4.98 Å². The fourth-order valence-electron chi connectivity index (χ4n) is 3.51. The van der Waals surface area contributed by atoms with E-state index in [0.29, 0.717) is 29.6 Å². The van der Waals surface area contributed by atoms with Crippen molar-refractivity contribution >= 4 is 21.6 Å². The van der Waals surface area contributed by atoms with Crippen LogP contribution in [0.3, 0.4) is 0 Å². The predicted octanol–water partition coefficient (Wildman–Crippen LogP) is 3.61. The molecule has 28 heavy (non-hydrogen) atoms. The Balaban J connectivity index is 1.73. The average molecular weight is 418 g/mol. The molecule has 146 valence electrons. The summed E-state index contributed by atoms with van der Waals surface area (Å²) >= 11 is 6.02. The zero-order valence-electron chi connectivity index (χ0n) is 15.5. The lowest BCUT2D eigenvalue weighted by molar-refractivity contribution is 0.138. The first-order valence-electron chi connectivity index (χ1n) is 8.77. The Morgan fingerprint density at radius 1 is 1.25 bits per heavy atom. The van der Waals surface area contributed by atoms with E-state index in [0.717, 1.165) is 16.7 Å². The van der Waals surface area contributed by atoms with Crippen molar-refractivity contribution < 1.29 is 13.2 Å². The van der Waals surface area contributed by atoms with Crippen molar-refractivity contribution in [2.45, 2.75) is 37.3 Å². The van der Waals surface area contributed by atoms with Gasteiger partial charge in [0.25, 0.3) is 0 Å². The van der Waals surface area contributed by atoms with Crippen LogP contribution < -0.4 is 9.88 Å². The largest absolute Gasteiger partial charge is 0.487 e. The molecule has 1 aliphatic rings. The molecule has 3 aromatic rings. The van der Waals surface area contributed by atoms with Gasteiger partial charge in [0.2, 0.25) is 15.3 Å². The molecule has 0 aliphatic carbocycles. The number of primary sulfonamides is 1. The molecule has 0 bridgehead atoms. The molecule has 2 N–H and O–H groups in total. The summed E-state index contributed by atoms with van der Waals surface area (Å²) in [4.78, 5) is 4.06. The summed E-state index contributed by atoms with van der Waals surface area (Å²) in [6.45, 7) is 4.52. The quantitative estimate of drug-likeness (QED) is 0.702. The lowest BCUT2D eigenvalue weighted by Gasteiger charge is -2.17. The number of sulfonamides is 1. The number of nitrogens with zero attached hydrogens (tertiary/aromatic N) is 2. The number of ether oxygens (including phenoxy) is 1. The Hall–Kier alpha value is -2.35. The Bertz CT molecular complexity index is 1150. The summed E-state index contributed by atoms with van der Waals surface area (Å²) in [5.41, 5.74) is 2.98. The molecule has 8 heteroatoms. The molecule has 1 aliphatic heterocycles. The number of rotatable bonds is 4. The van der Waals surface area contributed by atoms with Gasteiger partial charge in [-0.3, -0.25) is 0 Å². The number of aromatic nitrogens is 2. The second-order valence-corrected chi connectivity index (χ2v) is 9.43. The van der Waals surface area contributed by atoms with Gasteiger partial charge in [0.1, 0.15) is 11.4 Å². The molecular weight excluding hydrogens is 398 g/mol. The van der Waals surface area contributed by atoms with Gasteiger partial charge >= 0.3 is 0 Å². The highest BCUT2D eigenvalue weighted by atomic mass is 35.5. The Morgan fingerprint density at radius 2 is 1.96 bits per heavy atom. The van der Waals surface area contributed by atoms with E-state index in [1.165, 1.54) is 6.07 Å². The van der Waals surface area contributed by atoms with E-state index < -0.39 is 10.0 Å². The highest BCUT2D eigenvalue weighted by Gasteiger charge is 2.32. The molecular formula is C20H20ClN3O3S. The van der Waals surface area contributed by atoms with E-state index in [9.17, 15) is 8.42 Å². The lowest BCUT2D eigenvalue weighted by atomic mass is 9.97. The van der Waals surface area contributed by atoms with Gasteiger partial charge < -0.3 is 9.30 Å². The van der Waals surface area contributed by atoms with Crippen LogP contribution in [0.25, 0.3) is 11.1 Å². The van der Waals surface area contributed by atoms with Crippen molar-refractivity contribution in [1.29, 1.82) is 0 Å². The van der Waals surface area contributed by atoms with E-state index in [-0.39, 0.29) is 10.5 Å². The monoisotopic (exact) mass is 417 g/mol. The van der Waals surface area contributed by atoms with Crippen LogP contribution in [0.5, 0.6) is 5.75 Å². The molecule has 1 aromatic heterocycles. The molecule has 6 nitrogen and oxygen atoms in total. The van der Waals surface area contributed by atoms with E-state index >= 15 is 0 Å². The SMILES string of the molecule is CC1(C)Cc2cc(-c3ccc(Cn4ccnc4Cl)cc3)c(S(N)(=O)=O)cc2O1. The molecule has 0 spiro atoms. The number of fused-ring (bicyclic) bond motifs is 1. The van der Waals surface area contributed by atoms with Crippen molar-refractivity contribution in [3.63, 3.8) is 0 Å². The van der Waals surface area contributed by atoms with Crippen LogP contribution in [0.4, 0.5) is 0 Å². The number of halogens is 1. The van der Waals surface area contributed by atoms with E-state index in [1.807, 2.05) is 48.7 Å². The topological polar surface area (TPSA) is 87.2 Å². The van der Waals surface area contributed by atoms with Crippen molar-refractivity contribution in [1.82, 2.24) is 9.55 Å². The van der Waals surface area contributed by atoms with Gasteiger partial charge in [-0.1, -0.05) is 24.3 Å². The van der Waals surface area contributed by atoms with Crippen LogP contribution in [-0.4, -0.2) is 23.6 Å². The van der Waals surface area contributed by atoms with Gasteiger partial charge in [-0.15, -0.1) is 0 Å². The summed E-state index contributed by atoms with van der Waals surface area (Å²) in [6.07, 6.45) is 4.15. The molecule has 0 unspecified atom stereocenters. The van der Waals surface area contributed by atoms with Crippen LogP contribution in [0, 0.1) is 0 Å². The lowest BCUT2D eigenvalue weighted by Crippen LogP contribution is -2.24. The number of benzene rings is 2. The Kier molecular flexibility index (Phi) is 4.49. The maximum absolute atomic E-state index is 12.2. The number of hydrogen-bond donors (Lipinski definition) is 1. The zero-order valence-corrected chi connectivity index (χ0v) is 17.1. The maximum atomic E-state index is 12.2. The highest BCUT2D eigenvalue weighted by molar-refractivity contribution is 7.89. The van der Waals surface area contributed by atoms with Gasteiger partial charge in [-0.2, -0.15) is 0 Å². The summed E-state index contributed by atoms with van der Waals surface area (Å²) in [5.74, 6) is 0.573.